The molecule has 0 N–H and O–H groups in total. The number of carbonyl (C=O) groups excluding carboxylic acids is 2. The lowest BCUT2D eigenvalue weighted by molar-refractivity contribution is -0.139. The molecule has 3 heteroatoms. The molecule has 0 rings (SSSR count). The summed E-state index contributed by atoms with van der Waals surface area (Å²) in [7, 11) is 0. The SMILES string of the molecule is CCCCCCCC=C(C(C)=O)C(=O)OCC. The van der Waals surface area contributed by atoms with E-state index in [1.165, 1.54) is 26.2 Å². The van der Waals surface area contributed by atoms with Crippen LogP contribution in [0, 0.1) is 0 Å². The van der Waals surface area contributed by atoms with Crippen molar-refractivity contribution in [2.75, 3.05) is 6.61 Å². The normalized spacial score (nSPS) is 11.4. The fraction of sp³-hybridized carbons (Fsp3) is 0.714. The third-order valence-electron chi connectivity index (χ3n) is 2.53. The first-order valence-corrected chi connectivity index (χ1v) is 6.51. The van der Waals surface area contributed by atoms with Gasteiger partial charge in [-0.1, -0.05) is 38.7 Å². The zero-order valence-corrected chi connectivity index (χ0v) is 11.3. The first-order chi connectivity index (χ1) is 8.13. The van der Waals surface area contributed by atoms with Gasteiger partial charge in [0.2, 0.25) is 0 Å². The van der Waals surface area contributed by atoms with Gasteiger partial charge in [-0.05, 0) is 26.7 Å². The Kier molecular flexibility index (Phi) is 9.40. The maximum absolute atomic E-state index is 11.4. The molecule has 3 nitrogen and oxygen atoms in total. The Morgan fingerprint density at radius 1 is 1.06 bits per heavy atom. The number of Topliss-reactive ketones (excluding diaryl/α,β-unsaturated/α-hetero) is 1. The van der Waals surface area contributed by atoms with E-state index < -0.39 is 5.97 Å². The predicted molar refractivity (Wildman–Crippen MR) is 68.8 cm³/mol. The molecule has 0 aliphatic heterocycles. The Labute approximate surface area is 104 Å². The van der Waals surface area contributed by atoms with Gasteiger partial charge in [-0.2, -0.15) is 0 Å². The molecule has 0 radical (unpaired) electrons. The van der Waals surface area contributed by atoms with Gasteiger partial charge in [-0.15, -0.1) is 0 Å². The van der Waals surface area contributed by atoms with Gasteiger partial charge in [0, 0.05) is 0 Å². The lowest BCUT2D eigenvalue weighted by Crippen LogP contribution is -2.13. The monoisotopic (exact) mass is 240 g/mol. The lowest BCUT2D eigenvalue weighted by Gasteiger charge is -2.03. The van der Waals surface area contributed by atoms with E-state index in [2.05, 4.69) is 6.92 Å². The Hall–Kier alpha value is -1.12. The van der Waals surface area contributed by atoms with E-state index >= 15 is 0 Å². The molecule has 0 saturated heterocycles. The van der Waals surface area contributed by atoms with Crippen LogP contribution in [0.1, 0.15) is 59.3 Å². The topological polar surface area (TPSA) is 43.4 Å². The first-order valence-electron chi connectivity index (χ1n) is 6.51. The predicted octanol–water partition coefficient (Wildman–Crippen LogP) is 3.43. The molecule has 0 aliphatic rings. The number of unbranched alkanes of at least 4 members (excludes halogenated alkanes) is 5. The second-order valence-electron chi connectivity index (χ2n) is 4.10. The molecule has 17 heavy (non-hydrogen) atoms. The summed E-state index contributed by atoms with van der Waals surface area (Å²) in [5, 5.41) is 0. The number of allylic oxidation sites excluding steroid dienone is 1. The summed E-state index contributed by atoms with van der Waals surface area (Å²) >= 11 is 0. The zero-order chi connectivity index (χ0) is 13.1. The average Bonchev–Trinajstić information content (AvgIpc) is 2.27. The number of esters is 1. The molecule has 0 atom stereocenters. The minimum Gasteiger partial charge on any atom is -0.462 e. The molecule has 0 aromatic carbocycles. The third-order valence-corrected chi connectivity index (χ3v) is 2.53. The molecular weight excluding hydrogens is 216 g/mol. The second-order valence-corrected chi connectivity index (χ2v) is 4.10. The Bertz CT molecular complexity index is 267. The second kappa shape index (κ2) is 10.1. The molecule has 0 amide bonds. The maximum Gasteiger partial charge on any atom is 0.341 e. The average molecular weight is 240 g/mol. The van der Waals surface area contributed by atoms with Crippen molar-refractivity contribution in [3.05, 3.63) is 11.6 Å². The standard InChI is InChI=1S/C14H24O3/c1-4-6-7-8-9-10-11-13(12(3)15)14(16)17-5-2/h11H,4-10H2,1-3H3. The van der Waals surface area contributed by atoms with Crippen LogP contribution >= 0.6 is 0 Å². The van der Waals surface area contributed by atoms with Gasteiger partial charge < -0.3 is 4.74 Å². The molecule has 0 unspecified atom stereocenters. The summed E-state index contributed by atoms with van der Waals surface area (Å²) in [6.45, 7) is 5.62. The molecule has 0 spiro atoms. The van der Waals surface area contributed by atoms with Gasteiger partial charge in [-0.3, -0.25) is 4.79 Å². The maximum atomic E-state index is 11.4. The van der Waals surface area contributed by atoms with Crippen LogP contribution < -0.4 is 0 Å². The highest BCUT2D eigenvalue weighted by Gasteiger charge is 2.14. The fourth-order valence-electron chi connectivity index (χ4n) is 1.57. The van der Waals surface area contributed by atoms with Crippen LogP contribution in [0.25, 0.3) is 0 Å². The summed E-state index contributed by atoms with van der Waals surface area (Å²) in [6.07, 6.45) is 8.36. The van der Waals surface area contributed by atoms with Gasteiger partial charge in [0.05, 0.1) is 12.2 Å². The minimum atomic E-state index is -0.492. The largest absolute Gasteiger partial charge is 0.462 e. The number of carbonyl (C=O) groups is 2. The van der Waals surface area contributed by atoms with E-state index in [9.17, 15) is 9.59 Å². The van der Waals surface area contributed by atoms with Crippen LogP contribution in [0.4, 0.5) is 0 Å². The molecule has 0 aliphatic carbocycles. The quantitative estimate of drug-likeness (QED) is 0.204. The number of rotatable bonds is 9. The Balaban J connectivity index is 4.04. The van der Waals surface area contributed by atoms with E-state index in [4.69, 9.17) is 4.74 Å². The van der Waals surface area contributed by atoms with Crippen LogP contribution in [0.5, 0.6) is 0 Å². The third kappa shape index (κ3) is 7.72. The molecule has 0 fully saturated rings. The van der Waals surface area contributed by atoms with Gasteiger partial charge in [0.25, 0.3) is 0 Å². The van der Waals surface area contributed by atoms with Crippen molar-refractivity contribution in [1.29, 1.82) is 0 Å². The summed E-state index contributed by atoms with van der Waals surface area (Å²) in [4.78, 5) is 22.7. The van der Waals surface area contributed by atoms with Crippen molar-refractivity contribution in [3.63, 3.8) is 0 Å². The van der Waals surface area contributed by atoms with Gasteiger partial charge in [0.15, 0.2) is 5.78 Å². The molecule has 0 aromatic rings. The van der Waals surface area contributed by atoms with Crippen molar-refractivity contribution in [2.24, 2.45) is 0 Å². The van der Waals surface area contributed by atoms with Crippen LogP contribution in [0.2, 0.25) is 0 Å². The van der Waals surface area contributed by atoms with Crippen molar-refractivity contribution in [2.45, 2.75) is 59.3 Å². The molecule has 98 valence electrons. The van der Waals surface area contributed by atoms with Crippen molar-refractivity contribution in [1.82, 2.24) is 0 Å². The first kappa shape index (κ1) is 15.9. The highest BCUT2D eigenvalue weighted by atomic mass is 16.5. The van der Waals surface area contributed by atoms with Crippen molar-refractivity contribution >= 4 is 11.8 Å². The zero-order valence-electron chi connectivity index (χ0n) is 11.3. The number of hydrogen-bond donors (Lipinski definition) is 0. The van der Waals surface area contributed by atoms with Crippen LogP contribution in [0.15, 0.2) is 11.6 Å². The number of ketones is 1. The molecule has 0 saturated carbocycles. The summed E-state index contributed by atoms with van der Waals surface area (Å²) in [6, 6.07) is 0. The van der Waals surface area contributed by atoms with Crippen LogP contribution in [-0.2, 0) is 14.3 Å². The number of ether oxygens (including phenoxy) is 1. The molecule has 0 bridgehead atoms. The van der Waals surface area contributed by atoms with E-state index in [1.807, 2.05) is 0 Å². The smallest absolute Gasteiger partial charge is 0.341 e. The fourth-order valence-corrected chi connectivity index (χ4v) is 1.57. The van der Waals surface area contributed by atoms with Crippen LogP contribution in [0.3, 0.4) is 0 Å². The number of hydrogen-bond acceptors (Lipinski definition) is 3. The van der Waals surface area contributed by atoms with E-state index in [1.54, 1.807) is 13.0 Å². The van der Waals surface area contributed by atoms with E-state index in [0.717, 1.165) is 19.3 Å². The molecule has 0 aromatic heterocycles. The highest BCUT2D eigenvalue weighted by Crippen LogP contribution is 2.08. The van der Waals surface area contributed by atoms with Gasteiger partial charge in [0.1, 0.15) is 0 Å². The summed E-state index contributed by atoms with van der Waals surface area (Å²) < 4.78 is 4.83. The van der Waals surface area contributed by atoms with Crippen molar-refractivity contribution in [3.8, 4) is 0 Å². The molecular formula is C14H24O3. The van der Waals surface area contributed by atoms with E-state index in [-0.39, 0.29) is 11.4 Å². The Morgan fingerprint density at radius 3 is 2.24 bits per heavy atom. The van der Waals surface area contributed by atoms with E-state index in [0.29, 0.717) is 6.61 Å². The van der Waals surface area contributed by atoms with Crippen molar-refractivity contribution < 1.29 is 14.3 Å². The summed E-state index contributed by atoms with van der Waals surface area (Å²) in [5.74, 6) is -0.703. The lowest BCUT2D eigenvalue weighted by atomic mass is 10.1. The minimum absolute atomic E-state index is 0.197. The molecule has 0 heterocycles. The Morgan fingerprint density at radius 2 is 1.71 bits per heavy atom. The van der Waals surface area contributed by atoms with Gasteiger partial charge >= 0.3 is 5.97 Å². The summed E-state index contributed by atoms with van der Waals surface area (Å²) in [5.41, 5.74) is 0.197. The van der Waals surface area contributed by atoms with Crippen LogP contribution in [-0.4, -0.2) is 18.4 Å². The van der Waals surface area contributed by atoms with Gasteiger partial charge in [-0.25, -0.2) is 4.79 Å². The highest BCUT2D eigenvalue weighted by molar-refractivity contribution is 6.16.